The summed E-state index contributed by atoms with van der Waals surface area (Å²) in [6, 6.07) is 7.06. The van der Waals surface area contributed by atoms with Gasteiger partial charge in [-0.2, -0.15) is 0 Å². The first-order valence-corrected chi connectivity index (χ1v) is 7.52. The number of likely N-dealkylation sites (N-methyl/N-ethyl adjacent to an activating group) is 1. The van der Waals surface area contributed by atoms with Crippen LogP contribution in [0.25, 0.3) is 0 Å². The summed E-state index contributed by atoms with van der Waals surface area (Å²) in [5.74, 6) is 0.581. The molecule has 1 amide bonds. The van der Waals surface area contributed by atoms with Crippen molar-refractivity contribution in [3.05, 3.63) is 29.8 Å². The van der Waals surface area contributed by atoms with E-state index in [1.807, 2.05) is 11.8 Å². The Morgan fingerprint density at radius 1 is 1.24 bits per heavy atom. The molecule has 6 heteroatoms. The molecule has 1 heterocycles. The first kappa shape index (κ1) is 15.7. The van der Waals surface area contributed by atoms with Crippen molar-refractivity contribution >= 4 is 23.2 Å². The van der Waals surface area contributed by atoms with Crippen molar-refractivity contribution in [2.24, 2.45) is 0 Å². The average Bonchev–Trinajstić information content (AvgIpc) is 2.49. The summed E-state index contributed by atoms with van der Waals surface area (Å²) in [4.78, 5) is 16.4. The molecule has 0 radical (unpaired) electrons. The minimum Gasteiger partial charge on any atom is -0.494 e. The van der Waals surface area contributed by atoms with Crippen molar-refractivity contribution in [3.8, 4) is 5.75 Å². The fourth-order valence-electron chi connectivity index (χ4n) is 2.13. The summed E-state index contributed by atoms with van der Waals surface area (Å²) in [6.07, 6.45) is 0. The molecule has 0 atom stereocenters. The van der Waals surface area contributed by atoms with E-state index >= 15 is 0 Å². The lowest BCUT2D eigenvalue weighted by Gasteiger charge is -2.33. The van der Waals surface area contributed by atoms with Gasteiger partial charge in [0.05, 0.1) is 6.61 Å². The van der Waals surface area contributed by atoms with Crippen LogP contribution in [0.15, 0.2) is 24.3 Å². The number of piperazine rings is 1. The Bertz CT molecular complexity index is 496. The third kappa shape index (κ3) is 4.41. The molecule has 21 heavy (non-hydrogen) atoms. The first-order valence-electron chi connectivity index (χ1n) is 7.12. The molecule has 5 nitrogen and oxygen atoms in total. The van der Waals surface area contributed by atoms with Crippen LogP contribution in [-0.2, 0) is 0 Å². The van der Waals surface area contributed by atoms with E-state index in [1.165, 1.54) is 0 Å². The molecule has 1 aromatic carbocycles. The standard InChI is InChI=1S/C15H21N3O2S/c1-3-20-13-6-4-12(5-7-13)14(19)16-15(21)18-10-8-17(2)9-11-18/h4-7H,3,8-11H2,1-2H3,(H,16,19,21). The summed E-state index contributed by atoms with van der Waals surface area (Å²) in [7, 11) is 2.08. The van der Waals surface area contributed by atoms with Gasteiger partial charge in [0.2, 0.25) is 0 Å². The fourth-order valence-corrected chi connectivity index (χ4v) is 2.40. The lowest BCUT2D eigenvalue weighted by molar-refractivity contribution is 0.0970. The number of thiocarbonyl (C=S) groups is 1. The van der Waals surface area contributed by atoms with Gasteiger partial charge in [0.1, 0.15) is 5.75 Å². The Morgan fingerprint density at radius 2 is 1.86 bits per heavy atom. The highest BCUT2D eigenvalue weighted by molar-refractivity contribution is 7.80. The van der Waals surface area contributed by atoms with E-state index in [2.05, 4.69) is 17.3 Å². The topological polar surface area (TPSA) is 44.8 Å². The highest BCUT2D eigenvalue weighted by Gasteiger charge is 2.18. The fraction of sp³-hybridized carbons (Fsp3) is 0.467. The Balaban J connectivity index is 1.89. The van der Waals surface area contributed by atoms with Crippen LogP contribution in [0.2, 0.25) is 0 Å². The van der Waals surface area contributed by atoms with Crippen LogP contribution >= 0.6 is 12.2 Å². The Kier molecular flexibility index (Phi) is 5.52. The second-order valence-corrected chi connectivity index (χ2v) is 5.39. The Labute approximate surface area is 130 Å². The van der Waals surface area contributed by atoms with E-state index in [4.69, 9.17) is 17.0 Å². The predicted octanol–water partition coefficient (Wildman–Crippen LogP) is 1.35. The highest BCUT2D eigenvalue weighted by Crippen LogP contribution is 2.12. The molecular formula is C15H21N3O2S. The molecule has 0 bridgehead atoms. The molecule has 1 saturated heterocycles. The molecule has 1 aliphatic heterocycles. The molecule has 1 aromatic rings. The summed E-state index contributed by atoms with van der Waals surface area (Å²) in [5, 5.41) is 3.29. The number of amides is 1. The molecule has 0 unspecified atom stereocenters. The SMILES string of the molecule is CCOc1ccc(C(=O)NC(=S)N2CCN(C)CC2)cc1. The van der Waals surface area contributed by atoms with E-state index in [-0.39, 0.29) is 5.91 Å². The summed E-state index contributed by atoms with van der Waals surface area (Å²) >= 11 is 5.31. The van der Waals surface area contributed by atoms with E-state index in [9.17, 15) is 4.79 Å². The van der Waals surface area contributed by atoms with Gasteiger partial charge in [-0.1, -0.05) is 0 Å². The van der Waals surface area contributed by atoms with Crippen LogP contribution in [0.4, 0.5) is 0 Å². The molecule has 0 aliphatic carbocycles. The van der Waals surface area contributed by atoms with Crippen LogP contribution in [-0.4, -0.2) is 60.7 Å². The lowest BCUT2D eigenvalue weighted by atomic mass is 10.2. The van der Waals surface area contributed by atoms with Gasteiger partial charge in [-0.3, -0.25) is 10.1 Å². The quantitative estimate of drug-likeness (QED) is 0.854. The number of benzene rings is 1. The van der Waals surface area contributed by atoms with Gasteiger partial charge < -0.3 is 14.5 Å². The number of nitrogens with one attached hydrogen (secondary N) is 1. The summed E-state index contributed by atoms with van der Waals surface area (Å²) in [6.45, 7) is 6.14. The summed E-state index contributed by atoms with van der Waals surface area (Å²) in [5.41, 5.74) is 0.579. The number of carbonyl (C=O) groups excluding carboxylic acids is 1. The van der Waals surface area contributed by atoms with Gasteiger partial charge in [0.15, 0.2) is 5.11 Å². The van der Waals surface area contributed by atoms with Crippen LogP contribution in [0.1, 0.15) is 17.3 Å². The van der Waals surface area contributed by atoms with Gasteiger partial charge in [0.25, 0.3) is 5.91 Å². The zero-order valence-corrected chi connectivity index (χ0v) is 13.3. The minimum atomic E-state index is -0.179. The Hall–Kier alpha value is -1.66. The van der Waals surface area contributed by atoms with Crippen LogP contribution in [0.3, 0.4) is 0 Å². The number of ether oxygens (including phenoxy) is 1. The second-order valence-electron chi connectivity index (χ2n) is 5.01. The van der Waals surface area contributed by atoms with Crippen LogP contribution < -0.4 is 10.1 Å². The number of carbonyl (C=O) groups is 1. The summed E-state index contributed by atoms with van der Waals surface area (Å²) < 4.78 is 5.36. The van der Waals surface area contributed by atoms with Crippen LogP contribution in [0, 0.1) is 0 Å². The molecule has 0 spiro atoms. The van der Waals surface area contributed by atoms with Crippen molar-refractivity contribution < 1.29 is 9.53 Å². The predicted molar refractivity (Wildman–Crippen MR) is 86.7 cm³/mol. The maximum absolute atomic E-state index is 12.2. The second kappa shape index (κ2) is 7.38. The van der Waals surface area contributed by atoms with Crippen molar-refractivity contribution in [1.82, 2.24) is 15.1 Å². The minimum absolute atomic E-state index is 0.179. The first-order chi connectivity index (χ1) is 10.1. The third-order valence-corrected chi connectivity index (χ3v) is 3.80. The van der Waals surface area contributed by atoms with Gasteiger partial charge in [-0.25, -0.2) is 0 Å². The van der Waals surface area contributed by atoms with E-state index < -0.39 is 0 Å². The zero-order chi connectivity index (χ0) is 15.2. The van der Waals surface area contributed by atoms with Gasteiger partial charge in [0, 0.05) is 31.7 Å². The van der Waals surface area contributed by atoms with Gasteiger partial charge in [-0.15, -0.1) is 0 Å². The lowest BCUT2D eigenvalue weighted by Crippen LogP contribution is -2.51. The van der Waals surface area contributed by atoms with E-state index in [0.717, 1.165) is 31.9 Å². The molecule has 0 saturated carbocycles. The van der Waals surface area contributed by atoms with Crippen molar-refractivity contribution in [2.45, 2.75) is 6.92 Å². The number of nitrogens with zero attached hydrogens (tertiary/aromatic N) is 2. The molecule has 1 aliphatic rings. The zero-order valence-electron chi connectivity index (χ0n) is 12.5. The van der Waals surface area contributed by atoms with Gasteiger partial charge in [-0.05, 0) is 50.5 Å². The number of rotatable bonds is 3. The average molecular weight is 307 g/mol. The Morgan fingerprint density at radius 3 is 2.43 bits per heavy atom. The van der Waals surface area contributed by atoms with Gasteiger partial charge >= 0.3 is 0 Å². The largest absolute Gasteiger partial charge is 0.494 e. The number of hydrogen-bond acceptors (Lipinski definition) is 4. The van der Waals surface area contributed by atoms with E-state index in [0.29, 0.717) is 17.3 Å². The van der Waals surface area contributed by atoms with Crippen molar-refractivity contribution in [2.75, 3.05) is 39.8 Å². The maximum atomic E-state index is 12.2. The molecular weight excluding hydrogens is 286 g/mol. The normalized spacial score (nSPS) is 15.6. The van der Waals surface area contributed by atoms with Crippen LogP contribution in [0.5, 0.6) is 5.75 Å². The molecule has 114 valence electrons. The number of hydrogen-bond donors (Lipinski definition) is 1. The molecule has 1 N–H and O–H groups in total. The van der Waals surface area contributed by atoms with Crippen molar-refractivity contribution in [1.29, 1.82) is 0 Å². The molecule has 1 fully saturated rings. The van der Waals surface area contributed by atoms with Crippen molar-refractivity contribution in [3.63, 3.8) is 0 Å². The molecule has 2 rings (SSSR count). The third-order valence-electron chi connectivity index (χ3n) is 3.44. The maximum Gasteiger partial charge on any atom is 0.257 e. The smallest absolute Gasteiger partial charge is 0.257 e. The highest BCUT2D eigenvalue weighted by atomic mass is 32.1. The monoisotopic (exact) mass is 307 g/mol. The van der Waals surface area contributed by atoms with E-state index in [1.54, 1.807) is 24.3 Å². The molecule has 0 aromatic heterocycles.